The largest absolute Gasteiger partial charge is 0.493 e. The zero-order chi connectivity index (χ0) is 21.8. The van der Waals surface area contributed by atoms with Gasteiger partial charge in [0, 0.05) is 6.07 Å². The second kappa shape index (κ2) is 8.79. The van der Waals surface area contributed by atoms with Crippen molar-refractivity contribution < 1.29 is 23.7 Å². The van der Waals surface area contributed by atoms with Crippen LogP contribution in [0, 0.1) is 0 Å². The lowest BCUT2D eigenvalue weighted by Gasteiger charge is -2.08. The summed E-state index contributed by atoms with van der Waals surface area (Å²) in [7, 11) is 3.14. The summed E-state index contributed by atoms with van der Waals surface area (Å²) >= 11 is 0. The monoisotopic (exact) mass is 414 g/mol. The van der Waals surface area contributed by atoms with E-state index < -0.39 is 0 Å². The van der Waals surface area contributed by atoms with Gasteiger partial charge in [-0.25, -0.2) is 0 Å². The van der Waals surface area contributed by atoms with Crippen LogP contribution < -0.4 is 18.9 Å². The minimum absolute atomic E-state index is 0.170. The molecule has 156 valence electrons. The Morgan fingerprint density at radius 1 is 0.903 bits per heavy atom. The number of Topliss-reactive ketones (excluding diaryl/α,β-unsaturated/α-hetero) is 1. The molecule has 0 atom stereocenters. The van der Waals surface area contributed by atoms with Crippen LogP contribution >= 0.6 is 0 Å². The minimum Gasteiger partial charge on any atom is -0.493 e. The van der Waals surface area contributed by atoms with Gasteiger partial charge >= 0.3 is 0 Å². The molecule has 3 aromatic carbocycles. The number of carbonyl (C=O) groups excluding carboxylic acids is 1. The molecule has 0 amide bonds. The Kier molecular flexibility index (Phi) is 5.76. The van der Waals surface area contributed by atoms with Crippen molar-refractivity contribution in [1.29, 1.82) is 0 Å². The van der Waals surface area contributed by atoms with Crippen LogP contribution in [0.25, 0.3) is 12.2 Å². The number of hydrogen-bond acceptors (Lipinski definition) is 5. The van der Waals surface area contributed by atoms with Crippen molar-refractivity contribution in [1.82, 2.24) is 0 Å². The molecule has 1 aliphatic rings. The van der Waals surface area contributed by atoms with Crippen LogP contribution in [0.1, 0.15) is 27.0 Å². The predicted molar refractivity (Wildman–Crippen MR) is 120 cm³/mol. The second-order valence-electron chi connectivity index (χ2n) is 6.95. The third kappa shape index (κ3) is 4.31. The molecule has 0 spiro atoms. The Balaban J connectivity index is 1.49. The molecular weight excluding hydrogens is 392 g/mol. The topological polar surface area (TPSA) is 54.0 Å². The number of carbonyl (C=O) groups is 1. The highest BCUT2D eigenvalue weighted by Crippen LogP contribution is 2.36. The Bertz CT molecular complexity index is 1160. The molecular formula is C26H22O5. The molecule has 5 nitrogen and oxygen atoms in total. The maximum Gasteiger partial charge on any atom is 0.231 e. The van der Waals surface area contributed by atoms with Gasteiger partial charge in [-0.1, -0.05) is 43.0 Å². The summed E-state index contributed by atoms with van der Waals surface area (Å²) < 4.78 is 22.3. The smallest absolute Gasteiger partial charge is 0.231 e. The van der Waals surface area contributed by atoms with Gasteiger partial charge in [0.1, 0.15) is 18.1 Å². The van der Waals surface area contributed by atoms with Crippen LogP contribution in [0.2, 0.25) is 0 Å². The molecule has 0 saturated heterocycles. The van der Waals surface area contributed by atoms with Crippen molar-refractivity contribution in [3.8, 4) is 23.0 Å². The van der Waals surface area contributed by atoms with E-state index in [1.54, 1.807) is 56.7 Å². The number of ether oxygens (including phenoxy) is 4. The van der Waals surface area contributed by atoms with Crippen molar-refractivity contribution in [3.05, 3.63) is 95.3 Å². The van der Waals surface area contributed by atoms with Gasteiger partial charge in [-0.05, 0) is 47.0 Å². The summed E-state index contributed by atoms with van der Waals surface area (Å²) in [5.41, 5.74) is 3.38. The maximum absolute atomic E-state index is 12.7. The first kappa shape index (κ1) is 20.3. The molecule has 4 rings (SSSR count). The molecule has 1 aliphatic heterocycles. The van der Waals surface area contributed by atoms with Crippen LogP contribution in [-0.2, 0) is 6.61 Å². The van der Waals surface area contributed by atoms with Gasteiger partial charge in [0.2, 0.25) is 5.78 Å². The van der Waals surface area contributed by atoms with Crippen molar-refractivity contribution in [2.75, 3.05) is 14.2 Å². The number of methoxy groups -OCH3 is 2. The van der Waals surface area contributed by atoms with E-state index in [0.717, 1.165) is 16.7 Å². The van der Waals surface area contributed by atoms with Crippen LogP contribution in [0.3, 0.4) is 0 Å². The normalized spacial score (nSPS) is 13.5. The fourth-order valence-electron chi connectivity index (χ4n) is 3.27. The van der Waals surface area contributed by atoms with Gasteiger partial charge in [-0.3, -0.25) is 4.79 Å². The van der Waals surface area contributed by atoms with Gasteiger partial charge in [-0.2, -0.15) is 0 Å². The van der Waals surface area contributed by atoms with E-state index in [4.69, 9.17) is 18.9 Å². The first-order valence-electron chi connectivity index (χ1n) is 9.76. The fourth-order valence-corrected chi connectivity index (χ4v) is 3.27. The zero-order valence-corrected chi connectivity index (χ0v) is 17.4. The second-order valence-corrected chi connectivity index (χ2v) is 6.95. The van der Waals surface area contributed by atoms with Gasteiger partial charge in [-0.15, -0.1) is 0 Å². The number of allylic oxidation sites excluding steroid dienone is 1. The van der Waals surface area contributed by atoms with Crippen molar-refractivity contribution in [2.24, 2.45) is 0 Å². The highest BCUT2D eigenvalue weighted by Gasteiger charge is 2.27. The zero-order valence-electron chi connectivity index (χ0n) is 17.4. The maximum atomic E-state index is 12.7. The standard InChI is InChI=1S/C26H22O5/c1-4-17-5-7-18(8-6-17)16-30-20-10-11-21-23(15-20)31-25(26(21)27)14-19-9-12-22(28-2)24(13-19)29-3/h4-15H,1,16H2,2-3H3/b25-14-. The van der Waals surface area contributed by atoms with E-state index in [1.165, 1.54) is 0 Å². The summed E-state index contributed by atoms with van der Waals surface area (Å²) in [6.07, 6.45) is 3.48. The van der Waals surface area contributed by atoms with E-state index in [9.17, 15) is 4.79 Å². The first-order valence-corrected chi connectivity index (χ1v) is 9.76. The van der Waals surface area contributed by atoms with E-state index >= 15 is 0 Å². The summed E-state index contributed by atoms with van der Waals surface area (Å²) in [6, 6.07) is 18.6. The number of benzene rings is 3. The lowest BCUT2D eigenvalue weighted by Crippen LogP contribution is -1.98. The van der Waals surface area contributed by atoms with Crippen LogP contribution in [-0.4, -0.2) is 20.0 Å². The Hall–Kier alpha value is -3.99. The third-order valence-electron chi connectivity index (χ3n) is 4.97. The van der Waals surface area contributed by atoms with Gasteiger partial charge in [0.25, 0.3) is 0 Å². The van der Waals surface area contributed by atoms with Crippen molar-refractivity contribution in [2.45, 2.75) is 6.61 Å². The lowest BCUT2D eigenvalue weighted by molar-refractivity contribution is 0.101. The third-order valence-corrected chi connectivity index (χ3v) is 4.97. The van der Waals surface area contributed by atoms with Gasteiger partial charge < -0.3 is 18.9 Å². The van der Waals surface area contributed by atoms with Crippen LogP contribution in [0.4, 0.5) is 0 Å². The van der Waals surface area contributed by atoms with Crippen molar-refractivity contribution >= 4 is 17.9 Å². The molecule has 0 saturated carbocycles. The number of fused-ring (bicyclic) bond motifs is 1. The Morgan fingerprint density at radius 3 is 2.35 bits per heavy atom. The van der Waals surface area contributed by atoms with E-state index in [2.05, 4.69) is 6.58 Å². The Morgan fingerprint density at radius 2 is 1.65 bits per heavy atom. The Labute approximate surface area is 181 Å². The predicted octanol–water partition coefficient (Wildman–Crippen LogP) is 5.54. The molecule has 0 aromatic heterocycles. The van der Waals surface area contributed by atoms with Crippen LogP contribution in [0.15, 0.2) is 73.0 Å². The van der Waals surface area contributed by atoms with Gasteiger partial charge in [0.05, 0.1) is 19.8 Å². The average Bonchev–Trinajstić information content (AvgIpc) is 3.12. The molecule has 31 heavy (non-hydrogen) atoms. The molecule has 0 fully saturated rings. The minimum atomic E-state index is -0.170. The summed E-state index contributed by atoms with van der Waals surface area (Å²) in [5.74, 6) is 2.39. The van der Waals surface area contributed by atoms with Gasteiger partial charge in [0.15, 0.2) is 17.3 Å². The number of rotatable bonds is 7. The number of hydrogen-bond donors (Lipinski definition) is 0. The molecule has 0 aliphatic carbocycles. The molecule has 5 heteroatoms. The van der Waals surface area contributed by atoms with E-state index in [0.29, 0.717) is 35.2 Å². The first-order chi connectivity index (χ1) is 15.1. The molecule has 0 N–H and O–H groups in total. The number of ketones is 1. The highest BCUT2D eigenvalue weighted by atomic mass is 16.5. The molecule has 0 radical (unpaired) electrons. The molecule has 0 bridgehead atoms. The summed E-state index contributed by atoms with van der Waals surface area (Å²) in [6.45, 7) is 4.17. The van der Waals surface area contributed by atoms with E-state index in [-0.39, 0.29) is 11.5 Å². The summed E-state index contributed by atoms with van der Waals surface area (Å²) in [5, 5.41) is 0. The molecule has 3 aromatic rings. The molecule has 1 heterocycles. The summed E-state index contributed by atoms with van der Waals surface area (Å²) in [4.78, 5) is 12.7. The van der Waals surface area contributed by atoms with Crippen molar-refractivity contribution in [3.63, 3.8) is 0 Å². The lowest BCUT2D eigenvalue weighted by atomic mass is 10.1. The average molecular weight is 414 g/mol. The van der Waals surface area contributed by atoms with E-state index in [1.807, 2.05) is 30.3 Å². The highest BCUT2D eigenvalue weighted by molar-refractivity contribution is 6.14. The van der Waals surface area contributed by atoms with Crippen LogP contribution in [0.5, 0.6) is 23.0 Å². The molecule has 0 unspecified atom stereocenters. The fraction of sp³-hybridized carbons (Fsp3) is 0.115. The SMILES string of the molecule is C=Cc1ccc(COc2ccc3c(c2)O/C(=C\c2ccc(OC)c(OC)c2)C3=O)cc1. The quantitative estimate of drug-likeness (QED) is 0.475.